The number of hydrogen-bond acceptors (Lipinski definition) is 6. The predicted molar refractivity (Wildman–Crippen MR) is 85.6 cm³/mol. The van der Waals surface area contributed by atoms with Crippen LogP contribution >= 0.6 is 0 Å². The Kier molecular flexibility index (Phi) is 3.75. The van der Waals surface area contributed by atoms with Gasteiger partial charge in [-0.2, -0.15) is 13.5 Å². The molecule has 0 spiro atoms. The second-order valence-electron chi connectivity index (χ2n) is 4.71. The number of ether oxygens (including phenoxy) is 1. The van der Waals surface area contributed by atoms with Crippen LogP contribution in [0.25, 0.3) is 0 Å². The van der Waals surface area contributed by atoms with Gasteiger partial charge in [0.1, 0.15) is 16.4 Å². The van der Waals surface area contributed by atoms with Crippen LogP contribution in [-0.4, -0.2) is 32.7 Å². The third-order valence-electron chi connectivity index (χ3n) is 3.24. The molecule has 0 bridgehead atoms. The fraction of sp³-hybridized carbons (Fsp3) is 0.0667. The summed E-state index contributed by atoms with van der Waals surface area (Å²) in [7, 11) is -2.18. The Hall–Kier alpha value is -2.87. The Bertz CT molecular complexity index is 920. The molecule has 0 fully saturated rings. The minimum atomic E-state index is -3.68. The quantitative estimate of drug-likeness (QED) is 0.655. The highest BCUT2D eigenvalue weighted by Gasteiger charge is 2.28. The molecule has 23 heavy (non-hydrogen) atoms. The zero-order valence-electron chi connectivity index (χ0n) is 12.1. The maximum absolute atomic E-state index is 11.9. The number of hydrazone groups is 1. The summed E-state index contributed by atoms with van der Waals surface area (Å²) < 4.78 is 32.4. The number of nitrogens with one attached hydrogen (secondary N) is 1. The number of aromatic hydroxyl groups is 1. The summed E-state index contributed by atoms with van der Waals surface area (Å²) in [5, 5.41) is 13.8. The number of benzene rings is 2. The first-order chi connectivity index (χ1) is 11.0. The molecule has 7 nitrogen and oxygen atoms in total. The SMILES string of the molecule is COc1ccc(C=NNC2=NS(=O)(=O)c3ccccc32)c(O)c1. The van der Waals surface area contributed by atoms with Crippen LogP contribution < -0.4 is 10.2 Å². The van der Waals surface area contributed by atoms with E-state index in [-0.39, 0.29) is 16.5 Å². The molecule has 1 aliphatic rings. The van der Waals surface area contributed by atoms with Gasteiger partial charge in [0.2, 0.25) is 0 Å². The van der Waals surface area contributed by atoms with Crippen molar-refractivity contribution in [3.63, 3.8) is 0 Å². The summed E-state index contributed by atoms with van der Waals surface area (Å²) >= 11 is 0. The van der Waals surface area contributed by atoms with Gasteiger partial charge in [-0.1, -0.05) is 12.1 Å². The normalized spacial score (nSPS) is 15.3. The second kappa shape index (κ2) is 5.73. The Morgan fingerprint density at radius 2 is 2.04 bits per heavy atom. The van der Waals surface area contributed by atoms with Crippen molar-refractivity contribution in [3.05, 3.63) is 53.6 Å². The van der Waals surface area contributed by atoms with Crippen molar-refractivity contribution >= 4 is 22.1 Å². The topological polar surface area (TPSA) is 100 Å². The molecule has 0 atom stereocenters. The van der Waals surface area contributed by atoms with Crippen molar-refractivity contribution in [2.24, 2.45) is 9.50 Å². The summed E-state index contributed by atoms with van der Waals surface area (Å²) in [5.41, 5.74) is 3.51. The number of hydrogen-bond donors (Lipinski definition) is 2. The standard InChI is InChI=1S/C15H13N3O4S/c1-22-11-7-6-10(13(19)8-11)9-16-17-15-12-4-2-3-5-14(12)23(20,21)18-15/h2-9,19H,1H3,(H,17,18). The molecule has 8 heteroatoms. The first-order valence-electron chi connectivity index (χ1n) is 6.62. The van der Waals surface area contributed by atoms with Crippen LogP contribution in [0.15, 0.2) is 56.9 Å². The first-order valence-corrected chi connectivity index (χ1v) is 8.06. The van der Waals surface area contributed by atoms with Crippen molar-refractivity contribution < 1.29 is 18.3 Å². The molecular weight excluding hydrogens is 318 g/mol. The maximum Gasteiger partial charge on any atom is 0.285 e. The Balaban J connectivity index is 1.82. The Labute approximate surface area is 133 Å². The molecule has 0 aliphatic carbocycles. The molecule has 2 aromatic carbocycles. The number of phenols is 1. The van der Waals surface area contributed by atoms with E-state index in [0.717, 1.165) is 0 Å². The van der Waals surface area contributed by atoms with E-state index in [1.54, 1.807) is 30.3 Å². The van der Waals surface area contributed by atoms with E-state index < -0.39 is 10.0 Å². The highest BCUT2D eigenvalue weighted by molar-refractivity contribution is 7.90. The molecule has 0 saturated heterocycles. The van der Waals surface area contributed by atoms with Gasteiger partial charge in [-0.3, -0.25) is 5.43 Å². The molecule has 2 N–H and O–H groups in total. The summed E-state index contributed by atoms with van der Waals surface area (Å²) in [6.07, 6.45) is 1.37. The van der Waals surface area contributed by atoms with E-state index in [0.29, 0.717) is 16.9 Å². The van der Waals surface area contributed by atoms with Crippen LogP contribution in [0.3, 0.4) is 0 Å². The molecular formula is C15H13N3O4S. The summed E-state index contributed by atoms with van der Waals surface area (Å²) in [4.78, 5) is 0.144. The van der Waals surface area contributed by atoms with Crippen molar-refractivity contribution in [2.45, 2.75) is 4.90 Å². The van der Waals surface area contributed by atoms with E-state index in [4.69, 9.17) is 4.74 Å². The molecule has 0 radical (unpaired) electrons. The number of phenolic OH excluding ortho intramolecular Hbond substituents is 1. The average molecular weight is 331 g/mol. The summed E-state index contributed by atoms with van der Waals surface area (Å²) in [5.74, 6) is 0.661. The van der Waals surface area contributed by atoms with Crippen molar-refractivity contribution in [2.75, 3.05) is 7.11 Å². The Morgan fingerprint density at radius 3 is 2.78 bits per heavy atom. The van der Waals surface area contributed by atoms with Crippen molar-refractivity contribution in [1.82, 2.24) is 5.43 Å². The largest absolute Gasteiger partial charge is 0.507 e. The minimum absolute atomic E-state index is 0.00344. The lowest BCUT2D eigenvalue weighted by Crippen LogP contribution is -2.17. The van der Waals surface area contributed by atoms with Crippen LogP contribution in [0.5, 0.6) is 11.5 Å². The van der Waals surface area contributed by atoms with Crippen molar-refractivity contribution in [3.8, 4) is 11.5 Å². The molecule has 3 rings (SSSR count). The van der Waals surface area contributed by atoms with Gasteiger partial charge in [0, 0.05) is 17.2 Å². The van der Waals surface area contributed by atoms with Gasteiger partial charge in [0.25, 0.3) is 10.0 Å². The van der Waals surface area contributed by atoms with Gasteiger partial charge in [0.05, 0.1) is 13.3 Å². The van der Waals surface area contributed by atoms with Crippen LogP contribution in [0.1, 0.15) is 11.1 Å². The third kappa shape index (κ3) is 2.88. The molecule has 0 amide bonds. The van der Waals surface area contributed by atoms with Crippen LogP contribution in [0.4, 0.5) is 0 Å². The summed E-state index contributed by atoms with van der Waals surface area (Å²) in [6.45, 7) is 0. The number of sulfonamides is 1. The van der Waals surface area contributed by atoms with Crippen LogP contribution in [0, 0.1) is 0 Å². The number of nitrogens with zero attached hydrogens (tertiary/aromatic N) is 2. The monoisotopic (exact) mass is 331 g/mol. The Morgan fingerprint density at radius 1 is 1.26 bits per heavy atom. The number of fused-ring (bicyclic) bond motifs is 1. The average Bonchev–Trinajstić information content (AvgIpc) is 2.80. The smallest absolute Gasteiger partial charge is 0.285 e. The van der Waals surface area contributed by atoms with E-state index in [9.17, 15) is 13.5 Å². The first kappa shape index (κ1) is 15.0. The number of methoxy groups -OCH3 is 1. The van der Waals surface area contributed by atoms with E-state index in [1.165, 1.54) is 25.5 Å². The number of amidine groups is 1. The lowest BCUT2D eigenvalue weighted by atomic mass is 10.2. The van der Waals surface area contributed by atoms with Gasteiger partial charge in [-0.15, -0.1) is 4.40 Å². The van der Waals surface area contributed by atoms with E-state index in [1.807, 2.05) is 0 Å². The lowest BCUT2D eigenvalue weighted by molar-refractivity contribution is 0.407. The summed E-state index contributed by atoms with van der Waals surface area (Å²) in [6, 6.07) is 11.2. The lowest BCUT2D eigenvalue weighted by Gasteiger charge is -2.03. The van der Waals surface area contributed by atoms with Crippen molar-refractivity contribution in [1.29, 1.82) is 0 Å². The predicted octanol–water partition coefficient (Wildman–Crippen LogP) is 1.47. The van der Waals surface area contributed by atoms with Gasteiger partial charge in [-0.05, 0) is 24.3 Å². The molecule has 118 valence electrons. The highest BCUT2D eigenvalue weighted by Crippen LogP contribution is 2.25. The fourth-order valence-electron chi connectivity index (χ4n) is 2.11. The second-order valence-corrected chi connectivity index (χ2v) is 6.28. The number of rotatable bonds is 3. The van der Waals surface area contributed by atoms with Crippen LogP contribution in [-0.2, 0) is 10.0 Å². The zero-order chi connectivity index (χ0) is 16.4. The minimum Gasteiger partial charge on any atom is -0.507 e. The van der Waals surface area contributed by atoms with E-state index >= 15 is 0 Å². The van der Waals surface area contributed by atoms with Gasteiger partial charge in [-0.25, -0.2) is 0 Å². The van der Waals surface area contributed by atoms with Gasteiger partial charge in [0.15, 0.2) is 5.84 Å². The maximum atomic E-state index is 11.9. The highest BCUT2D eigenvalue weighted by atomic mass is 32.2. The fourth-order valence-corrected chi connectivity index (χ4v) is 3.28. The molecule has 0 saturated carbocycles. The molecule has 1 heterocycles. The van der Waals surface area contributed by atoms with Gasteiger partial charge < -0.3 is 9.84 Å². The van der Waals surface area contributed by atoms with Gasteiger partial charge >= 0.3 is 0 Å². The van der Waals surface area contributed by atoms with E-state index in [2.05, 4.69) is 14.9 Å². The third-order valence-corrected chi connectivity index (χ3v) is 4.58. The molecule has 0 unspecified atom stereocenters. The zero-order valence-corrected chi connectivity index (χ0v) is 12.9. The molecule has 2 aromatic rings. The molecule has 1 aliphatic heterocycles. The van der Waals surface area contributed by atoms with Crippen LogP contribution in [0.2, 0.25) is 0 Å². The molecule has 0 aromatic heterocycles.